The van der Waals surface area contributed by atoms with Crippen LogP contribution in [0.15, 0.2) is 18.2 Å². The minimum atomic E-state index is -1.00. The number of rotatable bonds is 3. The molecule has 1 heterocycles. The predicted molar refractivity (Wildman–Crippen MR) is 78.8 cm³/mol. The van der Waals surface area contributed by atoms with Gasteiger partial charge in [-0.2, -0.15) is 5.10 Å². The highest BCUT2D eigenvalue weighted by molar-refractivity contribution is 5.99. The second-order valence-corrected chi connectivity index (χ2v) is 4.73. The van der Waals surface area contributed by atoms with Crippen LogP contribution in [0.2, 0.25) is 0 Å². The molecule has 0 saturated heterocycles. The van der Waals surface area contributed by atoms with Crippen molar-refractivity contribution in [1.82, 2.24) is 10.2 Å². The fraction of sp³-hybridized carbons (Fsp3) is 0.400. The molecule has 1 aromatic carbocycles. The number of nitrogens with zero attached hydrogens (tertiary/aromatic N) is 2. The second kappa shape index (κ2) is 6.47. The van der Waals surface area contributed by atoms with Gasteiger partial charge in [-0.3, -0.25) is 0 Å². The van der Waals surface area contributed by atoms with E-state index in [0.717, 1.165) is 23.9 Å². The summed E-state index contributed by atoms with van der Waals surface area (Å²) in [5, 5.41) is 12.1. The standard InChI is InChI=1S/C13H12FN3O2.C2H6/c1-7-4-8-5-9(13(18)19-14)6-11(12(8)17-16-7)15-10-2-3-10;1-2/h4-6,10,15H,2-3H2,1H3;1-2H3. The number of nitrogens with one attached hydrogen (secondary N) is 1. The Morgan fingerprint density at radius 2 is 2.00 bits per heavy atom. The van der Waals surface area contributed by atoms with Gasteiger partial charge in [-0.1, -0.05) is 13.8 Å². The van der Waals surface area contributed by atoms with E-state index in [4.69, 9.17) is 0 Å². The Morgan fingerprint density at radius 3 is 2.62 bits per heavy atom. The van der Waals surface area contributed by atoms with Crippen molar-refractivity contribution in [3.05, 3.63) is 29.5 Å². The third-order valence-corrected chi connectivity index (χ3v) is 3.05. The molecule has 1 aromatic heterocycles. The molecule has 0 unspecified atom stereocenters. The highest BCUT2D eigenvalue weighted by atomic mass is 19.3. The lowest BCUT2D eigenvalue weighted by Gasteiger charge is -2.09. The van der Waals surface area contributed by atoms with Crippen molar-refractivity contribution in [1.29, 1.82) is 0 Å². The van der Waals surface area contributed by atoms with E-state index < -0.39 is 5.97 Å². The summed E-state index contributed by atoms with van der Waals surface area (Å²) < 4.78 is 12.1. The maximum atomic E-state index is 12.1. The van der Waals surface area contributed by atoms with Crippen molar-refractivity contribution in [2.75, 3.05) is 5.32 Å². The van der Waals surface area contributed by atoms with Crippen LogP contribution in [0.25, 0.3) is 10.9 Å². The fourth-order valence-corrected chi connectivity index (χ4v) is 1.98. The lowest BCUT2D eigenvalue weighted by molar-refractivity contribution is -0.0787. The van der Waals surface area contributed by atoms with Crippen LogP contribution in [0, 0.1) is 6.92 Å². The Hall–Kier alpha value is -2.24. The number of benzene rings is 1. The first-order valence-electron chi connectivity index (χ1n) is 7.05. The molecular formula is C15H18FN3O2. The lowest BCUT2D eigenvalue weighted by Crippen LogP contribution is -2.06. The van der Waals surface area contributed by atoms with E-state index in [1.807, 2.05) is 13.8 Å². The normalized spacial score (nSPS) is 13.3. The number of halogens is 1. The molecule has 6 heteroatoms. The zero-order valence-corrected chi connectivity index (χ0v) is 12.3. The largest absolute Gasteiger partial charge is 0.380 e. The molecule has 0 atom stereocenters. The Bertz CT molecular complexity index is 657. The Labute approximate surface area is 122 Å². The number of carbonyl (C=O) groups is 1. The van der Waals surface area contributed by atoms with Gasteiger partial charge in [0.2, 0.25) is 0 Å². The summed E-state index contributed by atoms with van der Waals surface area (Å²) in [5.41, 5.74) is 2.25. The van der Waals surface area contributed by atoms with E-state index in [0.29, 0.717) is 17.2 Å². The summed E-state index contributed by atoms with van der Waals surface area (Å²) in [6.07, 6.45) is 2.16. The van der Waals surface area contributed by atoms with Crippen LogP contribution in [-0.2, 0) is 4.94 Å². The smallest absolute Gasteiger partial charge is 0.379 e. The van der Waals surface area contributed by atoms with Crippen LogP contribution >= 0.6 is 0 Å². The van der Waals surface area contributed by atoms with Crippen molar-refractivity contribution < 1.29 is 14.3 Å². The first-order chi connectivity index (χ1) is 10.2. The molecule has 0 bridgehead atoms. The average molecular weight is 291 g/mol. The van der Waals surface area contributed by atoms with Gasteiger partial charge >= 0.3 is 5.97 Å². The molecule has 0 spiro atoms. The quantitative estimate of drug-likeness (QED) is 0.936. The summed E-state index contributed by atoms with van der Waals surface area (Å²) in [5.74, 6) is -1.00. The number of hydrogen-bond acceptors (Lipinski definition) is 5. The monoisotopic (exact) mass is 291 g/mol. The summed E-state index contributed by atoms with van der Waals surface area (Å²) in [4.78, 5) is 14.6. The zero-order chi connectivity index (χ0) is 15.4. The summed E-state index contributed by atoms with van der Waals surface area (Å²) in [6, 6.07) is 5.29. The van der Waals surface area contributed by atoms with Crippen LogP contribution in [0.3, 0.4) is 0 Å². The maximum absolute atomic E-state index is 12.1. The van der Waals surface area contributed by atoms with E-state index in [1.165, 1.54) is 0 Å². The molecule has 1 N–H and O–H groups in total. The number of anilines is 1. The first-order valence-corrected chi connectivity index (χ1v) is 7.05. The lowest BCUT2D eigenvalue weighted by atomic mass is 10.1. The Kier molecular flexibility index (Phi) is 4.67. The van der Waals surface area contributed by atoms with E-state index in [1.54, 1.807) is 25.1 Å². The van der Waals surface area contributed by atoms with Gasteiger partial charge in [0.25, 0.3) is 0 Å². The van der Waals surface area contributed by atoms with Crippen LogP contribution in [0.5, 0.6) is 0 Å². The zero-order valence-electron chi connectivity index (χ0n) is 12.3. The van der Waals surface area contributed by atoms with Crippen molar-refractivity contribution in [3.63, 3.8) is 0 Å². The van der Waals surface area contributed by atoms with Crippen LogP contribution < -0.4 is 5.32 Å². The molecule has 0 radical (unpaired) electrons. The van der Waals surface area contributed by atoms with Gasteiger partial charge in [0, 0.05) is 16.0 Å². The molecule has 0 aliphatic heterocycles. The topological polar surface area (TPSA) is 64.1 Å². The van der Waals surface area contributed by atoms with Crippen molar-refractivity contribution >= 4 is 22.6 Å². The summed E-state index contributed by atoms with van der Waals surface area (Å²) in [6.45, 7) is 5.81. The highest BCUT2D eigenvalue weighted by Crippen LogP contribution is 2.30. The van der Waals surface area contributed by atoms with Gasteiger partial charge in [-0.15, -0.1) is 5.10 Å². The molecule has 5 nitrogen and oxygen atoms in total. The number of aryl methyl sites for hydroxylation is 1. The van der Waals surface area contributed by atoms with Gasteiger partial charge in [0.05, 0.1) is 16.9 Å². The number of aromatic nitrogens is 2. The predicted octanol–water partition coefficient (Wildman–Crippen LogP) is 3.58. The molecule has 0 amide bonds. The fourth-order valence-electron chi connectivity index (χ4n) is 1.98. The molecule has 1 aliphatic rings. The molecule has 3 rings (SSSR count). The van der Waals surface area contributed by atoms with Gasteiger partial charge in [-0.05, 0) is 38.0 Å². The number of carbonyl (C=O) groups excluding carboxylic acids is 1. The number of fused-ring (bicyclic) bond motifs is 1. The van der Waals surface area contributed by atoms with Crippen LogP contribution in [-0.4, -0.2) is 22.2 Å². The Balaban J connectivity index is 0.000000774. The first kappa shape index (κ1) is 15.2. The Morgan fingerprint density at radius 1 is 1.29 bits per heavy atom. The van der Waals surface area contributed by atoms with Gasteiger partial charge in [-0.25, -0.2) is 9.74 Å². The molecule has 21 heavy (non-hydrogen) atoms. The third kappa shape index (κ3) is 3.45. The van der Waals surface area contributed by atoms with E-state index >= 15 is 0 Å². The summed E-state index contributed by atoms with van der Waals surface area (Å²) >= 11 is 0. The van der Waals surface area contributed by atoms with Gasteiger partial charge in [0.15, 0.2) is 0 Å². The van der Waals surface area contributed by atoms with E-state index in [-0.39, 0.29) is 5.56 Å². The average Bonchev–Trinajstić information content (AvgIpc) is 3.31. The number of hydrogen-bond donors (Lipinski definition) is 1. The van der Waals surface area contributed by atoms with Crippen molar-refractivity contribution in [2.24, 2.45) is 0 Å². The second-order valence-electron chi connectivity index (χ2n) is 4.73. The molecule has 1 aliphatic carbocycles. The minimum absolute atomic E-state index is 0.158. The van der Waals surface area contributed by atoms with Crippen molar-refractivity contribution in [3.8, 4) is 0 Å². The molecule has 112 valence electrons. The minimum Gasteiger partial charge on any atom is -0.380 e. The summed E-state index contributed by atoms with van der Waals surface area (Å²) in [7, 11) is 0. The van der Waals surface area contributed by atoms with E-state index in [2.05, 4.69) is 20.5 Å². The highest BCUT2D eigenvalue weighted by Gasteiger charge is 2.23. The third-order valence-electron chi connectivity index (χ3n) is 3.05. The van der Waals surface area contributed by atoms with E-state index in [9.17, 15) is 9.32 Å². The van der Waals surface area contributed by atoms with Gasteiger partial charge in [0.1, 0.15) is 5.52 Å². The SMILES string of the molecule is CC.Cc1cc2cc(C(=O)OF)cc(NC3CC3)c2nn1. The molecular weight excluding hydrogens is 273 g/mol. The molecule has 1 saturated carbocycles. The van der Waals surface area contributed by atoms with Gasteiger partial charge < -0.3 is 5.32 Å². The molecule has 1 fully saturated rings. The van der Waals surface area contributed by atoms with Crippen LogP contribution in [0.4, 0.5) is 10.2 Å². The maximum Gasteiger partial charge on any atom is 0.379 e. The van der Waals surface area contributed by atoms with Crippen LogP contribution in [0.1, 0.15) is 42.7 Å². The van der Waals surface area contributed by atoms with Crippen molar-refractivity contribution in [2.45, 2.75) is 39.7 Å². The molecule has 2 aromatic rings.